The molecule has 0 saturated carbocycles. The predicted octanol–water partition coefficient (Wildman–Crippen LogP) is 7.46. The third-order valence-electron chi connectivity index (χ3n) is 9.35. The molecule has 0 fully saturated rings. The topological polar surface area (TPSA) is 271 Å². The van der Waals surface area contributed by atoms with E-state index in [2.05, 4.69) is 50.5 Å². The van der Waals surface area contributed by atoms with E-state index in [1.165, 1.54) is 0 Å². The maximum absolute atomic E-state index is 12.5. The van der Waals surface area contributed by atoms with Crippen LogP contribution in [0.3, 0.4) is 0 Å². The second-order valence-electron chi connectivity index (χ2n) is 17.2. The maximum Gasteiger partial charge on any atom is 0.303 e. The number of carbonyl (C=O) groups is 3. The molecular formula is C45H68N12O5. The number of carbonyl (C=O) groups excluding carboxylic acids is 2. The van der Waals surface area contributed by atoms with Gasteiger partial charge in [0.1, 0.15) is 23.3 Å². The standard InChI is InChI=1S/C26H38N6O3.C18H26N6O2.CH4/c1-17-27-15-18(16-28-17)12-13-20(33)11-9-8-10-19-14-21(30-22(34)25(2,3)4)31-24(29-19)32-23(35)26(5,6)7;1-12-21-10-14(11-22-12)13(8-17(25)26)6-4-2-3-5-7-15-9-16(19)24-18(20)23-15;/h12-16,20,33H,8-11H2,1-7H3,(H2,29,30,31,32,34,35);9-11,13H,2-8H2,1H3,(H,25,26)(H4,19,20,23,24);1H4/b13-12+;;. The van der Waals surface area contributed by atoms with E-state index in [0.29, 0.717) is 41.8 Å². The zero-order valence-corrected chi connectivity index (χ0v) is 36.9. The minimum absolute atomic E-state index is 0. The molecule has 338 valence electrons. The number of aryl methyl sites for hydroxylation is 4. The maximum atomic E-state index is 12.5. The number of nitrogens with two attached hydrogens (primary N) is 2. The van der Waals surface area contributed by atoms with Gasteiger partial charge < -0.3 is 27.0 Å². The number of anilines is 4. The summed E-state index contributed by atoms with van der Waals surface area (Å²) in [5.74, 6) is 1.27. The molecule has 4 heterocycles. The van der Waals surface area contributed by atoms with Gasteiger partial charge in [-0.3, -0.25) is 19.7 Å². The molecule has 2 unspecified atom stereocenters. The molecule has 0 aromatic carbocycles. The molecule has 0 spiro atoms. The molecule has 8 N–H and O–H groups in total. The highest BCUT2D eigenvalue weighted by Crippen LogP contribution is 2.26. The van der Waals surface area contributed by atoms with Crippen molar-refractivity contribution in [3.63, 3.8) is 0 Å². The van der Waals surface area contributed by atoms with Crippen molar-refractivity contribution in [2.45, 2.75) is 145 Å². The fourth-order valence-corrected chi connectivity index (χ4v) is 5.73. The summed E-state index contributed by atoms with van der Waals surface area (Å²) < 4.78 is 0. The first-order valence-corrected chi connectivity index (χ1v) is 20.7. The van der Waals surface area contributed by atoms with E-state index in [0.717, 1.165) is 68.2 Å². The SMILES string of the molecule is C.Cc1ncc(/C=C/C(O)CCCCc2cc(NC(=O)C(C)(C)C)nc(NC(=O)C(C)(C)C)n2)cn1.Cc1ncc(C(CCCCCCc2cc(N)nc(N)n2)CC(=O)O)cn1. The Morgan fingerprint density at radius 2 is 1.24 bits per heavy atom. The zero-order chi connectivity index (χ0) is 45.2. The van der Waals surface area contributed by atoms with Crippen LogP contribution in [0.15, 0.2) is 43.0 Å². The highest BCUT2D eigenvalue weighted by molar-refractivity contribution is 5.95. The number of aliphatic hydroxyl groups excluding tert-OH is 1. The number of nitrogen functional groups attached to an aromatic ring is 2. The van der Waals surface area contributed by atoms with Crippen LogP contribution in [0.5, 0.6) is 0 Å². The lowest BCUT2D eigenvalue weighted by atomic mass is 9.92. The zero-order valence-electron chi connectivity index (χ0n) is 36.9. The van der Waals surface area contributed by atoms with Crippen molar-refractivity contribution in [3.8, 4) is 0 Å². The van der Waals surface area contributed by atoms with Gasteiger partial charge in [-0.05, 0) is 63.9 Å². The lowest BCUT2D eigenvalue weighted by molar-refractivity contribution is -0.137. The Morgan fingerprint density at radius 1 is 0.710 bits per heavy atom. The first-order valence-electron chi connectivity index (χ1n) is 20.7. The van der Waals surface area contributed by atoms with Crippen molar-refractivity contribution >= 4 is 47.4 Å². The van der Waals surface area contributed by atoms with Crippen molar-refractivity contribution in [2.75, 3.05) is 22.1 Å². The minimum Gasteiger partial charge on any atom is -0.481 e. The van der Waals surface area contributed by atoms with E-state index in [4.69, 9.17) is 16.6 Å². The number of rotatable bonds is 19. The lowest BCUT2D eigenvalue weighted by Crippen LogP contribution is -2.30. The predicted molar refractivity (Wildman–Crippen MR) is 244 cm³/mol. The second kappa shape index (κ2) is 25.1. The van der Waals surface area contributed by atoms with E-state index in [1.807, 2.05) is 40.7 Å². The molecule has 4 rings (SSSR count). The molecule has 0 aliphatic rings. The average Bonchev–Trinajstić information content (AvgIpc) is 3.16. The number of aromatic nitrogens is 8. The molecule has 2 atom stereocenters. The van der Waals surface area contributed by atoms with Crippen molar-refractivity contribution in [3.05, 3.63) is 77.2 Å². The Labute approximate surface area is 366 Å². The normalized spacial score (nSPS) is 12.4. The summed E-state index contributed by atoms with van der Waals surface area (Å²) in [5, 5.41) is 25.0. The number of carboxylic acids is 1. The van der Waals surface area contributed by atoms with Gasteiger partial charge in [-0.15, -0.1) is 0 Å². The van der Waals surface area contributed by atoms with Crippen LogP contribution in [0.4, 0.5) is 23.5 Å². The lowest BCUT2D eigenvalue weighted by Gasteiger charge is -2.19. The second-order valence-corrected chi connectivity index (χ2v) is 17.2. The largest absolute Gasteiger partial charge is 0.481 e. The Bertz CT molecular complexity index is 1980. The molecule has 62 heavy (non-hydrogen) atoms. The molecule has 17 nitrogen and oxygen atoms in total. The first kappa shape index (κ1) is 52.2. The number of aliphatic carboxylic acids is 1. The van der Waals surface area contributed by atoms with Crippen LogP contribution in [0.2, 0.25) is 0 Å². The Morgan fingerprint density at radius 3 is 1.82 bits per heavy atom. The third kappa shape index (κ3) is 20.1. The van der Waals surface area contributed by atoms with Gasteiger partial charge in [0.15, 0.2) is 0 Å². The number of nitrogens with zero attached hydrogens (tertiary/aromatic N) is 8. The van der Waals surface area contributed by atoms with Crippen LogP contribution in [-0.4, -0.2) is 74.0 Å². The van der Waals surface area contributed by atoms with E-state index in [9.17, 15) is 19.5 Å². The van der Waals surface area contributed by atoms with E-state index >= 15 is 0 Å². The molecule has 2 amide bonds. The summed E-state index contributed by atoms with van der Waals surface area (Å²) in [7, 11) is 0. The number of hydrogen-bond donors (Lipinski definition) is 6. The van der Waals surface area contributed by atoms with E-state index < -0.39 is 22.9 Å². The van der Waals surface area contributed by atoms with Gasteiger partial charge in [0.2, 0.25) is 23.7 Å². The Balaban J connectivity index is 0.000000437. The first-order chi connectivity index (χ1) is 28.7. The summed E-state index contributed by atoms with van der Waals surface area (Å²) in [6.07, 6.45) is 18.3. The molecule has 4 aromatic heterocycles. The van der Waals surface area contributed by atoms with E-state index in [1.54, 1.807) is 63.8 Å². The van der Waals surface area contributed by atoms with Crippen LogP contribution in [0.25, 0.3) is 6.08 Å². The number of aliphatic hydroxyl groups is 1. The number of amides is 2. The molecule has 0 saturated heterocycles. The molecule has 17 heteroatoms. The average molecular weight is 857 g/mol. The molecular weight excluding hydrogens is 789 g/mol. The van der Waals surface area contributed by atoms with Crippen molar-refractivity contribution in [2.24, 2.45) is 10.8 Å². The van der Waals surface area contributed by atoms with Gasteiger partial charge >= 0.3 is 5.97 Å². The molecule has 4 aromatic rings. The number of unbranched alkanes of at least 4 members (excludes halogenated alkanes) is 4. The smallest absolute Gasteiger partial charge is 0.303 e. The van der Waals surface area contributed by atoms with Crippen LogP contribution in [0.1, 0.15) is 147 Å². The van der Waals surface area contributed by atoms with Crippen LogP contribution in [0, 0.1) is 24.7 Å². The number of hydrogen-bond acceptors (Lipinski definition) is 14. The van der Waals surface area contributed by atoms with Gasteiger partial charge in [0.05, 0.1) is 12.5 Å². The van der Waals surface area contributed by atoms with Crippen LogP contribution < -0.4 is 22.1 Å². The summed E-state index contributed by atoms with van der Waals surface area (Å²) >= 11 is 0. The quantitative estimate of drug-likeness (QED) is 0.0500. The summed E-state index contributed by atoms with van der Waals surface area (Å²) in [5.41, 5.74) is 13.3. The van der Waals surface area contributed by atoms with E-state index in [-0.39, 0.29) is 43.5 Å². The summed E-state index contributed by atoms with van der Waals surface area (Å²) in [6, 6.07) is 3.47. The van der Waals surface area contributed by atoms with Crippen LogP contribution >= 0.6 is 0 Å². The highest BCUT2D eigenvalue weighted by atomic mass is 16.4. The molecule has 0 radical (unpaired) electrons. The summed E-state index contributed by atoms with van der Waals surface area (Å²) in [4.78, 5) is 69.4. The highest BCUT2D eigenvalue weighted by Gasteiger charge is 2.25. The third-order valence-corrected chi connectivity index (χ3v) is 9.35. The fourth-order valence-electron chi connectivity index (χ4n) is 5.73. The van der Waals surface area contributed by atoms with Gasteiger partial charge in [-0.25, -0.2) is 29.9 Å². The minimum atomic E-state index is -0.797. The van der Waals surface area contributed by atoms with Gasteiger partial charge in [0, 0.05) is 64.7 Å². The van der Waals surface area contributed by atoms with Crippen molar-refractivity contribution < 1.29 is 24.6 Å². The molecule has 0 aliphatic heterocycles. The summed E-state index contributed by atoms with van der Waals surface area (Å²) in [6.45, 7) is 14.5. The fraction of sp³-hybridized carbons (Fsp3) is 0.533. The van der Waals surface area contributed by atoms with Crippen molar-refractivity contribution in [1.29, 1.82) is 0 Å². The van der Waals surface area contributed by atoms with Gasteiger partial charge in [-0.1, -0.05) is 86.8 Å². The molecule has 0 bridgehead atoms. The van der Waals surface area contributed by atoms with Gasteiger partial charge in [-0.2, -0.15) is 9.97 Å². The molecule has 0 aliphatic carbocycles. The van der Waals surface area contributed by atoms with Gasteiger partial charge in [0.25, 0.3) is 0 Å². The number of nitrogens with one attached hydrogen (secondary N) is 2. The Kier molecular flexibility index (Phi) is 21.1. The van der Waals surface area contributed by atoms with Crippen molar-refractivity contribution in [1.82, 2.24) is 39.9 Å². The monoisotopic (exact) mass is 857 g/mol. The van der Waals surface area contributed by atoms with Crippen LogP contribution in [-0.2, 0) is 27.2 Å². The number of carboxylic acid groups (broad SMARTS) is 1. The Hall–Kier alpha value is -5.97.